The molecule has 0 saturated carbocycles. The van der Waals surface area contributed by atoms with Crippen molar-refractivity contribution in [3.63, 3.8) is 0 Å². The summed E-state index contributed by atoms with van der Waals surface area (Å²) in [5.74, 6) is 1.13. The van der Waals surface area contributed by atoms with E-state index in [0.29, 0.717) is 6.61 Å². The van der Waals surface area contributed by atoms with E-state index in [1.165, 1.54) is 11.1 Å². The van der Waals surface area contributed by atoms with E-state index in [1.807, 2.05) is 30.3 Å². The van der Waals surface area contributed by atoms with E-state index < -0.39 is 0 Å². The molecule has 3 heteroatoms. The maximum atomic E-state index is 9.68. The fourth-order valence-electron chi connectivity index (χ4n) is 3.20. The molecule has 3 aromatic rings. The first kappa shape index (κ1) is 19.7. The van der Waals surface area contributed by atoms with Gasteiger partial charge in [0.15, 0.2) is 0 Å². The molecule has 28 heavy (non-hydrogen) atoms. The molecule has 0 aliphatic carbocycles. The third kappa shape index (κ3) is 5.02. The fraction of sp³-hybridized carbons (Fsp3) is 0.200. The van der Waals surface area contributed by atoms with E-state index in [0.717, 1.165) is 35.5 Å². The van der Waals surface area contributed by atoms with Gasteiger partial charge in [-0.15, -0.1) is 0 Å². The smallest absolute Gasteiger partial charge is 0.119 e. The number of phenols is 1. The second-order valence-electron chi connectivity index (χ2n) is 6.64. The topological polar surface area (TPSA) is 41.5 Å². The Hall–Kier alpha value is -3.04. The number of allylic oxidation sites excluding steroid dienone is 1. The number of rotatable bonds is 8. The second-order valence-corrected chi connectivity index (χ2v) is 6.64. The Morgan fingerprint density at radius 3 is 2.04 bits per heavy atom. The summed E-state index contributed by atoms with van der Waals surface area (Å²) in [6.07, 6.45) is 0. The van der Waals surface area contributed by atoms with Crippen LogP contribution >= 0.6 is 0 Å². The summed E-state index contributed by atoms with van der Waals surface area (Å²) in [4.78, 5) is 0. The highest BCUT2D eigenvalue weighted by atomic mass is 16.5. The number of aromatic hydroxyl groups is 1. The number of nitrogens with one attached hydrogen (secondary N) is 1. The van der Waals surface area contributed by atoms with Crippen LogP contribution in [-0.4, -0.2) is 24.8 Å². The molecule has 0 saturated heterocycles. The van der Waals surface area contributed by atoms with E-state index >= 15 is 0 Å². The van der Waals surface area contributed by atoms with Gasteiger partial charge in [0, 0.05) is 6.54 Å². The molecule has 0 heterocycles. The van der Waals surface area contributed by atoms with Gasteiger partial charge in [-0.25, -0.2) is 0 Å². The molecule has 0 amide bonds. The Morgan fingerprint density at radius 2 is 1.43 bits per heavy atom. The molecule has 0 atom stereocenters. The molecule has 2 N–H and O–H groups in total. The highest BCUT2D eigenvalue weighted by Gasteiger charge is 2.11. The third-order valence-electron chi connectivity index (χ3n) is 4.68. The number of benzene rings is 3. The molecule has 3 nitrogen and oxygen atoms in total. The zero-order valence-electron chi connectivity index (χ0n) is 16.5. The van der Waals surface area contributed by atoms with Gasteiger partial charge in [0.2, 0.25) is 0 Å². The molecule has 144 valence electrons. The van der Waals surface area contributed by atoms with Gasteiger partial charge in [-0.3, -0.25) is 0 Å². The average Bonchev–Trinajstić information content (AvgIpc) is 2.74. The van der Waals surface area contributed by atoms with Gasteiger partial charge in [0.05, 0.1) is 0 Å². The monoisotopic (exact) mass is 373 g/mol. The van der Waals surface area contributed by atoms with Crippen LogP contribution in [0.25, 0.3) is 11.1 Å². The molecule has 3 aromatic carbocycles. The van der Waals surface area contributed by atoms with E-state index in [9.17, 15) is 5.11 Å². The summed E-state index contributed by atoms with van der Waals surface area (Å²) in [5.41, 5.74) is 5.69. The van der Waals surface area contributed by atoms with Crippen molar-refractivity contribution < 1.29 is 9.84 Å². The third-order valence-corrected chi connectivity index (χ3v) is 4.68. The van der Waals surface area contributed by atoms with Crippen molar-refractivity contribution >= 4 is 11.1 Å². The van der Waals surface area contributed by atoms with Gasteiger partial charge in [-0.05, 0) is 65.6 Å². The molecule has 0 aliphatic rings. The van der Waals surface area contributed by atoms with Crippen molar-refractivity contribution in [3.05, 3.63) is 95.6 Å². The minimum absolute atomic E-state index is 0.268. The molecule has 0 aliphatic heterocycles. The maximum absolute atomic E-state index is 9.68. The number of phenolic OH excluding ortho intramolecular Hbond substituents is 1. The van der Waals surface area contributed by atoms with Gasteiger partial charge in [0.25, 0.3) is 0 Å². The summed E-state index contributed by atoms with van der Waals surface area (Å²) in [6.45, 7) is 6.65. The van der Waals surface area contributed by atoms with Crippen LogP contribution in [0.2, 0.25) is 0 Å². The van der Waals surface area contributed by atoms with Crippen LogP contribution in [0.4, 0.5) is 0 Å². The highest BCUT2D eigenvalue weighted by molar-refractivity contribution is 5.97. The Labute approximate surface area is 167 Å². The lowest BCUT2D eigenvalue weighted by Crippen LogP contribution is -2.20. The lowest BCUT2D eigenvalue weighted by atomic mass is 9.90. The highest BCUT2D eigenvalue weighted by Crippen LogP contribution is 2.33. The van der Waals surface area contributed by atoms with E-state index in [-0.39, 0.29) is 5.75 Å². The van der Waals surface area contributed by atoms with Crippen molar-refractivity contribution in [2.75, 3.05) is 19.7 Å². The summed E-state index contributed by atoms with van der Waals surface area (Å²) in [6, 6.07) is 25.9. The van der Waals surface area contributed by atoms with Crippen molar-refractivity contribution in [1.82, 2.24) is 5.32 Å². The van der Waals surface area contributed by atoms with Gasteiger partial charge >= 0.3 is 0 Å². The Morgan fingerprint density at radius 1 is 0.821 bits per heavy atom. The number of ether oxygens (including phenoxy) is 1. The predicted octanol–water partition coefficient (Wildman–Crippen LogP) is 5.36. The first-order valence-corrected chi connectivity index (χ1v) is 9.68. The zero-order valence-corrected chi connectivity index (χ0v) is 16.5. The second kappa shape index (κ2) is 9.77. The minimum Gasteiger partial charge on any atom is -0.508 e. The lowest BCUT2D eigenvalue weighted by molar-refractivity contribution is 0.315. The molecule has 0 spiro atoms. The van der Waals surface area contributed by atoms with Crippen LogP contribution in [0, 0.1) is 0 Å². The van der Waals surface area contributed by atoms with Crippen LogP contribution in [0.1, 0.15) is 30.5 Å². The molecular formula is C25H27NO2. The van der Waals surface area contributed by atoms with Crippen molar-refractivity contribution in [2.45, 2.75) is 13.8 Å². The number of likely N-dealkylation sites (N-methyl/N-ethyl adjacent to an activating group) is 1. The Balaban J connectivity index is 1.94. The van der Waals surface area contributed by atoms with E-state index in [4.69, 9.17) is 4.74 Å². The van der Waals surface area contributed by atoms with Crippen molar-refractivity contribution in [3.8, 4) is 11.5 Å². The maximum Gasteiger partial charge on any atom is 0.119 e. The van der Waals surface area contributed by atoms with Crippen LogP contribution < -0.4 is 10.1 Å². The average molecular weight is 373 g/mol. The molecule has 3 rings (SSSR count). The quantitative estimate of drug-likeness (QED) is 0.413. The predicted molar refractivity (Wildman–Crippen MR) is 117 cm³/mol. The molecule has 0 unspecified atom stereocenters. The standard InChI is InChI=1S/C25H27NO2/c1-3-26-17-18-28-24-15-11-22(12-16-24)25(21-9-13-23(27)14-10-21)19(2)20-7-5-4-6-8-20/h4-16,26-27H,3,17-18H2,1-2H3. The lowest BCUT2D eigenvalue weighted by Gasteiger charge is -2.15. The minimum atomic E-state index is 0.268. The molecule has 0 fully saturated rings. The Kier molecular flexibility index (Phi) is 6.88. The Bertz CT molecular complexity index is 898. The fourth-order valence-corrected chi connectivity index (χ4v) is 3.20. The zero-order chi connectivity index (χ0) is 19.8. The number of hydrogen-bond donors (Lipinski definition) is 2. The van der Waals surface area contributed by atoms with Crippen molar-refractivity contribution in [1.29, 1.82) is 0 Å². The molecule has 0 bridgehead atoms. The summed E-state index contributed by atoms with van der Waals surface area (Å²) >= 11 is 0. The van der Waals surface area contributed by atoms with Crippen LogP contribution in [0.15, 0.2) is 78.9 Å². The van der Waals surface area contributed by atoms with Gasteiger partial charge in [-0.2, -0.15) is 0 Å². The summed E-state index contributed by atoms with van der Waals surface area (Å²) < 4.78 is 5.80. The van der Waals surface area contributed by atoms with Gasteiger partial charge in [0.1, 0.15) is 18.1 Å². The van der Waals surface area contributed by atoms with Crippen LogP contribution in [0.3, 0.4) is 0 Å². The molecule has 0 radical (unpaired) electrons. The van der Waals surface area contributed by atoms with Crippen LogP contribution in [0.5, 0.6) is 11.5 Å². The first-order valence-electron chi connectivity index (χ1n) is 9.68. The van der Waals surface area contributed by atoms with Gasteiger partial charge in [-0.1, -0.05) is 61.5 Å². The van der Waals surface area contributed by atoms with E-state index in [2.05, 4.69) is 55.6 Å². The summed E-state index contributed by atoms with van der Waals surface area (Å²) in [7, 11) is 0. The van der Waals surface area contributed by atoms with Crippen molar-refractivity contribution in [2.24, 2.45) is 0 Å². The number of hydrogen-bond acceptors (Lipinski definition) is 3. The van der Waals surface area contributed by atoms with Crippen LogP contribution in [-0.2, 0) is 0 Å². The summed E-state index contributed by atoms with van der Waals surface area (Å²) in [5, 5.41) is 12.9. The molecule has 0 aromatic heterocycles. The first-order chi connectivity index (χ1) is 13.7. The molecular weight excluding hydrogens is 346 g/mol. The SMILES string of the molecule is CCNCCOc1ccc(C(=C(C)c2ccccc2)c2ccc(O)cc2)cc1. The normalized spacial score (nSPS) is 11.8. The van der Waals surface area contributed by atoms with Gasteiger partial charge < -0.3 is 15.2 Å². The largest absolute Gasteiger partial charge is 0.508 e. The van der Waals surface area contributed by atoms with E-state index in [1.54, 1.807) is 12.1 Å².